The molecule has 16 bridgehead atoms. The Hall–Kier alpha value is -1.50. The number of rotatable bonds is 2. The van der Waals surface area contributed by atoms with Crippen molar-refractivity contribution in [1.82, 2.24) is 85.1 Å². The minimum Gasteiger partial charge on any atom is -0.393 e. The first-order valence-corrected chi connectivity index (χ1v) is 36.8. The first-order chi connectivity index (χ1) is 41.9. The predicted molar refractivity (Wildman–Crippen MR) is 323 cm³/mol. The molecular formula is C66H110N16O3. The minimum absolute atomic E-state index is 0.00350. The monoisotopic (exact) mass is 1170 g/mol. The fourth-order valence-electron chi connectivity index (χ4n) is 24.9. The summed E-state index contributed by atoms with van der Waals surface area (Å²) in [5.74, 6) is 6.11. The number of carbonyl (C=O) groups is 2. The zero-order valence-electron chi connectivity index (χ0n) is 51.1. The summed E-state index contributed by atoms with van der Waals surface area (Å²) in [5, 5.41) is 68.4. The molecule has 18 rings (SSSR count). The summed E-state index contributed by atoms with van der Waals surface area (Å²) in [6.07, 6.45) is 39.0. The Morgan fingerprint density at radius 1 is 0.188 bits per heavy atom. The molecule has 0 radical (unpaired) electrons. The number of esters is 2. The second kappa shape index (κ2) is 23.3. The van der Waals surface area contributed by atoms with Crippen LogP contribution in [0.1, 0.15) is 193 Å². The van der Waals surface area contributed by atoms with Gasteiger partial charge in [0.1, 0.15) is 0 Å². The summed E-state index contributed by atoms with van der Waals surface area (Å²) >= 11 is 0. The molecule has 0 aromatic heterocycles. The predicted octanol–water partition coefficient (Wildman–Crippen LogP) is 3.75. The first kappa shape index (κ1) is 56.3. The van der Waals surface area contributed by atoms with Gasteiger partial charge in [-0.3, -0.25) is 94.7 Å². The summed E-state index contributed by atoms with van der Waals surface area (Å²) in [6.45, 7) is 0. The van der Waals surface area contributed by atoms with Gasteiger partial charge in [0.2, 0.25) is 0 Å². The van der Waals surface area contributed by atoms with Gasteiger partial charge in [-0.15, -0.1) is 0 Å². The van der Waals surface area contributed by atoms with E-state index in [1.807, 2.05) is 0 Å². The molecule has 10 aliphatic heterocycles. The Kier molecular flexibility index (Phi) is 15.4. The van der Waals surface area contributed by atoms with E-state index in [0.29, 0.717) is 83.3 Å². The van der Waals surface area contributed by atoms with Gasteiger partial charge in [-0.1, -0.05) is 89.9 Å². The molecule has 34 atom stereocenters. The van der Waals surface area contributed by atoms with Crippen LogP contribution in [0.25, 0.3) is 0 Å². The molecule has 10 heterocycles. The molecule has 18 fully saturated rings. The van der Waals surface area contributed by atoms with E-state index in [1.54, 1.807) is 0 Å². The fraction of sp³-hybridized carbons (Fsp3) is 0.970. The van der Waals surface area contributed by atoms with Crippen molar-refractivity contribution in [3.63, 3.8) is 0 Å². The largest absolute Gasteiger partial charge is 0.393 e. The average molecular weight is 1180 g/mol. The molecule has 19 heteroatoms. The van der Waals surface area contributed by atoms with Gasteiger partial charge < -0.3 is 4.74 Å². The van der Waals surface area contributed by atoms with Gasteiger partial charge in [0, 0.05) is 11.8 Å². The molecule has 8 aliphatic carbocycles. The third kappa shape index (κ3) is 9.89. The third-order valence-corrected chi connectivity index (χ3v) is 28.6. The van der Waals surface area contributed by atoms with Gasteiger partial charge in [-0.05, 0) is 186 Å². The van der Waals surface area contributed by atoms with Crippen molar-refractivity contribution < 1.29 is 14.3 Å². The van der Waals surface area contributed by atoms with Crippen LogP contribution in [0.4, 0.5) is 0 Å². The lowest BCUT2D eigenvalue weighted by Crippen LogP contribution is -2.62. The summed E-state index contributed by atoms with van der Waals surface area (Å²) < 4.78 is 6.61. The number of hydrogen-bond acceptors (Lipinski definition) is 19. The van der Waals surface area contributed by atoms with Crippen molar-refractivity contribution in [2.75, 3.05) is 0 Å². The van der Waals surface area contributed by atoms with Crippen LogP contribution in [-0.4, -0.2) is 111 Å². The van der Waals surface area contributed by atoms with E-state index in [4.69, 9.17) is 4.74 Å². The topological polar surface area (TPSA) is 236 Å². The molecule has 34 unspecified atom stereocenters. The van der Waals surface area contributed by atoms with Crippen LogP contribution in [0.3, 0.4) is 0 Å². The van der Waals surface area contributed by atoms with Gasteiger partial charge >= 0.3 is 11.9 Å². The molecule has 0 aromatic rings. The van der Waals surface area contributed by atoms with E-state index in [9.17, 15) is 0 Å². The van der Waals surface area contributed by atoms with Crippen LogP contribution < -0.4 is 85.1 Å². The van der Waals surface area contributed by atoms with Crippen LogP contribution in [0.5, 0.6) is 0 Å². The maximum atomic E-state index is 15.5. The number of hydrogen-bond donors (Lipinski definition) is 16. The molecule has 0 amide bonds. The van der Waals surface area contributed by atoms with Crippen LogP contribution in [-0.2, 0) is 14.3 Å². The van der Waals surface area contributed by atoms with Crippen molar-refractivity contribution >= 4 is 11.9 Å². The average Bonchev–Trinajstić information content (AvgIpc) is 2.82. The standard InChI is InChI=1S/C66H110N16O3/c83-65(45-29-13-27-43-47(45)63-79-59-41-25-11-9-23-39(41)55(75-59)71-51-33-17-3-1-15-31(33)49(67-51)69-53-35-19-5-7-21-37(35)57(73-53)77-61(43)81-63)85-66(84)46-30-14-28-44-48(46)64-80-60-42-26-12-10-24-40(42)56(76-60)72-52-34-18-4-2-16-32(34)50(68-52)70-54-36-20-6-8-22-38(36)58(74-54)78-62(44)82-64/h31-64,67-82H,1-30H2. The van der Waals surface area contributed by atoms with Gasteiger partial charge in [0.05, 0.1) is 110 Å². The third-order valence-electron chi connectivity index (χ3n) is 28.6. The summed E-state index contributed by atoms with van der Waals surface area (Å²) in [7, 11) is 0. The number of carbonyl (C=O) groups excluding carboxylic acids is 2. The Morgan fingerprint density at radius 3 is 0.529 bits per heavy atom. The Balaban J connectivity index is 0.629. The van der Waals surface area contributed by atoms with E-state index in [1.165, 1.54) is 154 Å². The highest BCUT2D eigenvalue weighted by Crippen LogP contribution is 2.51. The van der Waals surface area contributed by atoms with Crippen molar-refractivity contribution in [2.24, 2.45) is 107 Å². The highest BCUT2D eigenvalue weighted by Gasteiger charge is 2.60. The van der Waals surface area contributed by atoms with E-state index in [0.717, 1.165) is 38.5 Å². The molecule has 8 saturated carbocycles. The first-order valence-electron chi connectivity index (χ1n) is 36.8. The van der Waals surface area contributed by atoms with Crippen molar-refractivity contribution in [3.05, 3.63) is 0 Å². The van der Waals surface area contributed by atoms with Gasteiger partial charge in [-0.2, -0.15) is 0 Å². The molecule has 10 saturated heterocycles. The molecule has 472 valence electrons. The van der Waals surface area contributed by atoms with Crippen LogP contribution in [0, 0.1) is 107 Å². The van der Waals surface area contributed by atoms with Gasteiger partial charge in [0.15, 0.2) is 0 Å². The van der Waals surface area contributed by atoms with Crippen LogP contribution in [0.2, 0.25) is 0 Å². The van der Waals surface area contributed by atoms with Crippen molar-refractivity contribution in [3.8, 4) is 0 Å². The highest BCUT2D eigenvalue weighted by atomic mass is 16.6. The lowest BCUT2D eigenvalue weighted by Gasteiger charge is -2.39. The Morgan fingerprint density at radius 2 is 0.341 bits per heavy atom. The number of nitrogens with one attached hydrogen (secondary N) is 16. The van der Waals surface area contributed by atoms with E-state index < -0.39 is 0 Å². The van der Waals surface area contributed by atoms with Crippen molar-refractivity contribution in [2.45, 2.75) is 291 Å². The highest BCUT2D eigenvalue weighted by molar-refractivity contribution is 5.88. The maximum absolute atomic E-state index is 15.5. The van der Waals surface area contributed by atoms with Crippen LogP contribution >= 0.6 is 0 Å². The molecule has 0 spiro atoms. The second-order valence-corrected chi connectivity index (χ2v) is 32.3. The number of fused-ring (bicyclic) bond motifs is 40. The summed E-state index contributed by atoms with van der Waals surface area (Å²) in [4.78, 5) is 31.1. The molecule has 85 heavy (non-hydrogen) atoms. The Labute approximate surface area is 507 Å². The van der Waals surface area contributed by atoms with E-state index in [2.05, 4.69) is 85.1 Å². The summed E-state index contributed by atoms with van der Waals surface area (Å²) in [5.41, 5.74) is 0. The van der Waals surface area contributed by atoms with Gasteiger partial charge in [-0.25, -0.2) is 0 Å². The van der Waals surface area contributed by atoms with Crippen LogP contribution in [0.15, 0.2) is 0 Å². The lowest BCUT2D eigenvalue weighted by molar-refractivity contribution is -0.171. The van der Waals surface area contributed by atoms with Gasteiger partial charge in [0.25, 0.3) is 0 Å². The minimum atomic E-state index is -0.370. The Bertz CT molecular complexity index is 2270. The van der Waals surface area contributed by atoms with E-state index >= 15 is 9.59 Å². The van der Waals surface area contributed by atoms with Crippen molar-refractivity contribution in [1.29, 1.82) is 0 Å². The zero-order chi connectivity index (χ0) is 56.0. The second-order valence-electron chi connectivity index (χ2n) is 32.3. The quantitative estimate of drug-likeness (QED) is 0.139. The van der Waals surface area contributed by atoms with E-state index in [-0.39, 0.29) is 134 Å². The molecule has 19 nitrogen and oxygen atoms in total. The molecule has 16 N–H and O–H groups in total. The normalized spacial score (nSPS) is 56.8. The fourth-order valence-corrected chi connectivity index (χ4v) is 24.9. The smallest absolute Gasteiger partial charge is 0.316 e. The lowest BCUT2D eigenvalue weighted by atomic mass is 9.70. The zero-order valence-corrected chi connectivity index (χ0v) is 51.1. The SMILES string of the molecule is O=C(OC(=O)C1CCCC2C3NC4NC(NC5NC(NC6NC(NC(N3)C12)C1CCCCC61)C1CCCCC51)C1CCCCC41)C1CCCC2C3NC4NC(NC5NC(NC6NC(NC(N3)C12)C1CCCCC61)C1CCCCC51)C1CCCCC41. The molecule has 0 aromatic carbocycles. The maximum Gasteiger partial charge on any atom is 0.316 e. The molecule has 18 aliphatic rings. The number of ether oxygens (including phenoxy) is 1. The summed E-state index contributed by atoms with van der Waals surface area (Å²) in [6, 6.07) is 0. The molecular weight excluding hydrogens is 1060 g/mol.